The van der Waals surface area contributed by atoms with Crippen molar-refractivity contribution in [2.24, 2.45) is 0 Å². The molecule has 4 aromatic rings. The maximum absolute atomic E-state index is 13.4. The largest absolute Gasteiger partial charge is 0.341 e. The molecule has 5 rings (SSSR count). The van der Waals surface area contributed by atoms with Gasteiger partial charge in [-0.25, -0.2) is 13.4 Å². The molecule has 1 fully saturated rings. The number of nitrogens with zero attached hydrogens (tertiary/aromatic N) is 2. The van der Waals surface area contributed by atoms with Crippen LogP contribution in [0.2, 0.25) is 0 Å². The molecule has 1 saturated heterocycles. The van der Waals surface area contributed by atoms with Gasteiger partial charge in [0.15, 0.2) is 0 Å². The number of H-pyrrole nitrogens is 1. The third-order valence-electron chi connectivity index (χ3n) is 5.25. The van der Waals surface area contributed by atoms with E-state index in [1.54, 1.807) is 16.4 Å². The molecule has 136 valence electrons. The molecule has 0 amide bonds. The minimum atomic E-state index is -3.59. The van der Waals surface area contributed by atoms with Crippen LogP contribution in [0.4, 0.5) is 0 Å². The first-order chi connectivity index (χ1) is 13.1. The van der Waals surface area contributed by atoms with Crippen molar-refractivity contribution in [3.05, 3.63) is 72.6 Å². The van der Waals surface area contributed by atoms with Crippen LogP contribution in [-0.4, -0.2) is 29.2 Å². The molecule has 0 spiro atoms. The van der Waals surface area contributed by atoms with Gasteiger partial charge in [0.1, 0.15) is 5.82 Å². The highest BCUT2D eigenvalue weighted by atomic mass is 32.2. The lowest BCUT2D eigenvalue weighted by molar-refractivity contribution is 0.386. The van der Waals surface area contributed by atoms with E-state index in [0.717, 1.165) is 40.5 Å². The lowest BCUT2D eigenvalue weighted by atomic mass is 10.1. The van der Waals surface area contributed by atoms with Crippen molar-refractivity contribution in [3.63, 3.8) is 0 Å². The van der Waals surface area contributed by atoms with Crippen LogP contribution < -0.4 is 0 Å². The highest BCUT2D eigenvalue weighted by molar-refractivity contribution is 7.89. The molecule has 0 aliphatic carbocycles. The molecule has 6 heteroatoms. The Morgan fingerprint density at radius 1 is 0.963 bits per heavy atom. The monoisotopic (exact) mass is 377 g/mol. The Balaban J connectivity index is 1.56. The highest BCUT2D eigenvalue weighted by Crippen LogP contribution is 2.36. The van der Waals surface area contributed by atoms with Gasteiger partial charge < -0.3 is 4.98 Å². The van der Waals surface area contributed by atoms with Gasteiger partial charge in [-0.1, -0.05) is 42.5 Å². The van der Waals surface area contributed by atoms with Crippen LogP contribution in [0.1, 0.15) is 24.7 Å². The first kappa shape index (κ1) is 16.5. The molecule has 0 bridgehead atoms. The number of aromatic amines is 1. The topological polar surface area (TPSA) is 66.1 Å². The Hall–Kier alpha value is -2.70. The van der Waals surface area contributed by atoms with Gasteiger partial charge in [-0.3, -0.25) is 0 Å². The van der Waals surface area contributed by atoms with E-state index >= 15 is 0 Å². The summed E-state index contributed by atoms with van der Waals surface area (Å²) in [5, 5.41) is 1.96. The van der Waals surface area contributed by atoms with Gasteiger partial charge >= 0.3 is 0 Å². The molecule has 0 saturated carbocycles. The van der Waals surface area contributed by atoms with E-state index in [4.69, 9.17) is 0 Å². The number of para-hydroxylation sites is 2. The zero-order valence-electron chi connectivity index (χ0n) is 14.7. The summed E-state index contributed by atoms with van der Waals surface area (Å²) in [6.45, 7) is 0.511. The number of nitrogens with one attached hydrogen (secondary N) is 1. The summed E-state index contributed by atoms with van der Waals surface area (Å²) in [5.74, 6) is 0.720. The summed E-state index contributed by atoms with van der Waals surface area (Å²) in [6, 6.07) is 20.7. The zero-order valence-corrected chi connectivity index (χ0v) is 15.5. The van der Waals surface area contributed by atoms with Gasteiger partial charge in [0.25, 0.3) is 0 Å². The zero-order chi connectivity index (χ0) is 18.4. The van der Waals surface area contributed by atoms with Gasteiger partial charge in [-0.05, 0) is 47.9 Å². The smallest absolute Gasteiger partial charge is 0.243 e. The number of aromatic nitrogens is 2. The standard InChI is InChI=1S/C21H19N3O2S/c25-27(26,17-12-11-15-6-1-2-7-16(15)14-17)24-13-5-10-20(24)21-22-18-8-3-4-9-19(18)23-21/h1-4,6-9,11-12,14,20H,5,10,13H2,(H,22,23)/t20-/m0/s1. The molecule has 1 aliphatic rings. The normalized spacial score (nSPS) is 18.4. The average Bonchev–Trinajstić information content (AvgIpc) is 3.34. The van der Waals surface area contributed by atoms with Gasteiger partial charge in [0.05, 0.1) is 22.0 Å². The van der Waals surface area contributed by atoms with Crippen LogP contribution in [0.5, 0.6) is 0 Å². The second-order valence-corrected chi connectivity index (χ2v) is 8.81. The lowest BCUT2D eigenvalue weighted by Crippen LogP contribution is -2.31. The second kappa shape index (κ2) is 6.18. The number of sulfonamides is 1. The van der Waals surface area contributed by atoms with Crippen molar-refractivity contribution in [1.82, 2.24) is 14.3 Å². The molecule has 2 heterocycles. The summed E-state index contributed by atoms with van der Waals surface area (Å²) in [6.07, 6.45) is 1.60. The van der Waals surface area contributed by atoms with E-state index in [1.165, 1.54) is 0 Å². The first-order valence-electron chi connectivity index (χ1n) is 9.08. The fourth-order valence-electron chi connectivity index (χ4n) is 3.89. The van der Waals surface area contributed by atoms with E-state index in [1.807, 2.05) is 54.6 Å². The van der Waals surface area contributed by atoms with Gasteiger partial charge in [0, 0.05) is 6.54 Å². The number of rotatable bonds is 3. The fourth-order valence-corrected chi connectivity index (χ4v) is 5.59. The number of hydrogen-bond donors (Lipinski definition) is 1. The highest BCUT2D eigenvalue weighted by Gasteiger charge is 2.37. The Morgan fingerprint density at radius 2 is 1.74 bits per heavy atom. The van der Waals surface area contributed by atoms with Crippen molar-refractivity contribution in [3.8, 4) is 0 Å². The number of imidazole rings is 1. The van der Waals surface area contributed by atoms with Crippen molar-refractivity contribution < 1.29 is 8.42 Å². The lowest BCUT2D eigenvalue weighted by Gasteiger charge is -2.22. The van der Waals surface area contributed by atoms with Gasteiger partial charge in [0.2, 0.25) is 10.0 Å². The van der Waals surface area contributed by atoms with E-state index in [2.05, 4.69) is 9.97 Å². The maximum atomic E-state index is 13.4. The molecule has 1 aliphatic heterocycles. The van der Waals surface area contributed by atoms with Crippen LogP contribution >= 0.6 is 0 Å². The quantitative estimate of drug-likeness (QED) is 0.581. The minimum Gasteiger partial charge on any atom is -0.341 e. The molecule has 5 nitrogen and oxygen atoms in total. The number of fused-ring (bicyclic) bond motifs is 2. The summed E-state index contributed by atoms with van der Waals surface area (Å²) < 4.78 is 28.3. The van der Waals surface area contributed by atoms with Crippen LogP contribution in [0.15, 0.2) is 71.6 Å². The van der Waals surface area contributed by atoms with Crippen molar-refractivity contribution in [2.45, 2.75) is 23.8 Å². The van der Waals surface area contributed by atoms with Crippen LogP contribution in [0, 0.1) is 0 Å². The molecule has 0 radical (unpaired) electrons. The van der Waals surface area contributed by atoms with Crippen molar-refractivity contribution in [1.29, 1.82) is 0 Å². The Labute approximate surface area is 157 Å². The summed E-state index contributed by atoms with van der Waals surface area (Å²) in [4.78, 5) is 8.28. The molecular weight excluding hydrogens is 358 g/mol. The van der Waals surface area contributed by atoms with Crippen LogP contribution in [-0.2, 0) is 10.0 Å². The number of benzene rings is 3. The predicted molar refractivity (Wildman–Crippen MR) is 106 cm³/mol. The summed E-state index contributed by atoms with van der Waals surface area (Å²) in [5.41, 5.74) is 1.80. The molecule has 27 heavy (non-hydrogen) atoms. The van der Waals surface area contributed by atoms with Gasteiger partial charge in [-0.2, -0.15) is 4.31 Å². The SMILES string of the molecule is O=S(=O)(c1ccc2ccccc2c1)N1CCC[C@H]1c1nc2ccccc2[nH]1. The molecular formula is C21H19N3O2S. The molecule has 0 unspecified atom stereocenters. The number of hydrogen-bond acceptors (Lipinski definition) is 3. The van der Waals surface area contributed by atoms with Crippen LogP contribution in [0.25, 0.3) is 21.8 Å². The Kier molecular flexibility index (Phi) is 3.77. The van der Waals surface area contributed by atoms with E-state index in [9.17, 15) is 8.42 Å². The molecule has 3 aromatic carbocycles. The Morgan fingerprint density at radius 3 is 2.59 bits per heavy atom. The van der Waals surface area contributed by atoms with E-state index in [0.29, 0.717) is 11.4 Å². The van der Waals surface area contributed by atoms with Crippen LogP contribution in [0.3, 0.4) is 0 Å². The third kappa shape index (κ3) is 2.72. The van der Waals surface area contributed by atoms with Crippen molar-refractivity contribution >= 4 is 31.8 Å². The second-order valence-electron chi connectivity index (χ2n) is 6.92. The van der Waals surface area contributed by atoms with E-state index < -0.39 is 10.0 Å². The van der Waals surface area contributed by atoms with Crippen molar-refractivity contribution in [2.75, 3.05) is 6.54 Å². The fraction of sp³-hybridized carbons (Fsp3) is 0.190. The molecule has 1 N–H and O–H groups in total. The average molecular weight is 377 g/mol. The first-order valence-corrected chi connectivity index (χ1v) is 10.5. The Bertz CT molecular complexity index is 1210. The molecule has 1 atom stereocenters. The van der Waals surface area contributed by atoms with E-state index in [-0.39, 0.29) is 6.04 Å². The summed E-state index contributed by atoms with van der Waals surface area (Å²) in [7, 11) is -3.59. The summed E-state index contributed by atoms with van der Waals surface area (Å²) >= 11 is 0. The maximum Gasteiger partial charge on any atom is 0.243 e. The predicted octanol–water partition coefficient (Wildman–Crippen LogP) is 4.24. The minimum absolute atomic E-state index is 0.256. The third-order valence-corrected chi connectivity index (χ3v) is 7.16. The van der Waals surface area contributed by atoms with Gasteiger partial charge in [-0.15, -0.1) is 0 Å². The molecule has 1 aromatic heterocycles.